The van der Waals surface area contributed by atoms with Gasteiger partial charge in [0, 0.05) is 18.7 Å². The summed E-state index contributed by atoms with van der Waals surface area (Å²) < 4.78 is 6.78. The maximum absolute atomic E-state index is 11.3. The zero-order valence-electron chi connectivity index (χ0n) is 14.8. The normalized spacial score (nSPS) is 10.7. The highest BCUT2D eigenvalue weighted by Crippen LogP contribution is 2.26. The fraction of sp³-hybridized carbons (Fsp3) is 0.278. The van der Waals surface area contributed by atoms with Crippen LogP contribution in [0.2, 0.25) is 0 Å². The third-order valence-corrected chi connectivity index (χ3v) is 4.20. The molecule has 1 amide bonds. The van der Waals surface area contributed by atoms with Crippen molar-refractivity contribution in [2.24, 2.45) is 0 Å². The van der Waals surface area contributed by atoms with Crippen molar-refractivity contribution in [3.8, 4) is 11.5 Å². The molecule has 0 radical (unpaired) electrons. The minimum absolute atomic E-state index is 0.0272. The molecule has 2 aromatic carbocycles. The largest absolute Gasteiger partial charge is 0.457 e. The van der Waals surface area contributed by atoms with Gasteiger partial charge in [0.15, 0.2) is 0 Å². The molecule has 140 valence electrons. The van der Waals surface area contributed by atoms with Crippen LogP contribution in [0.5, 0.6) is 11.5 Å². The van der Waals surface area contributed by atoms with Gasteiger partial charge in [0.25, 0.3) is 0 Å². The van der Waals surface area contributed by atoms with Gasteiger partial charge in [0.05, 0.1) is 5.69 Å². The molecule has 0 aliphatic heterocycles. The Kier molecular flexibility index (Phi) is 7.73. The van der Waals surface area contributed by atoms with Crippen molar-refractivity contribution in [1.82, 2.24) is 10.1 Å². The molecular weight excluding hydrogens is 354 g/mol. The van der Waals surface area contributed by atoms with Gasteiger partial charge in [-0.25, -0.2) is 5.48 Å². The number of carbonyl (C=O) groups excluding carboxylic acids is 1. The van der Waals surface area contributed by atoms with Crippen LogP contribution in [0.15, 0.2) is 48.5 Å². The quantitative estimate of drug-likeness (QED) is 0.348. The predicted octanol–water partition coefficient (Wildman–Crippen LogP) is 3.76. The number of hydrogen-bond acceptors (Lipinski definition) is 7. The van der Waals surface area contributed by atoms with Crippen LogP contribution in [0.25, 0.3) is 0 Å². The first kappa shape index (κ1) is 20.1. The van der Waals surface area contributed by atoms with Crippen LogP contribution in [-0.2, 0) is 4.79 Å². The van der Waals surface area contributed by atoms with Crippen LogP contribution in [0.3, 0.4) is 0 Å². The minimum atomic E-state index is -0.524. The summed E-state index contributed by atoms with van der Waals surface area (Å²) in [6.07, 6.45) is 0.0272. The van der Waals surface area contributed by atoms with Crippen molar-refractivity contribution >= 4 is 23.5 Å². The number of hydrogen-bond donors (Lipinski definition) is 3. The second kappa shape index (κ2) is 10.0. The molecule has 2 aromatic rings. The fourth-order valence-electron chi connectivity index (χ4n) is 2.19. The van der Waals surface area contributed by atoms with Crippen molar-refractivity contribution in [3.05, 3.63) is 54.1 Å². The molecule has 0 spiro atoms. The summed E-state index contributed by atoms with van der Waals surface area (Å²) in [4.78, 5) is 11.3. The average molecular weight is 377 g/mol. The highest BCUT2D eigenvalue weighted by molar-refractivity contribution is 7.96. The van der Waals surface area contributed by atoms with Gasteiger partial charge in [-0.1, -0.05) is 24.6 Å². The van der Waals surface area contributed by atoms with Gasteiger partial charge < -0.3 is 4.74 Å². The van der Waals surface area contributed by atoms with Gasteiger partial charge in [-0.15, -0.1) is 0 Å². The zero-order valence-corrected chi connectivity index (χ0v) is 15.6. The molecule has 7 nitrogen and oxygen atoms in total. The van der Waals surface area contributed by atoms with Crippen molar-refractivity contribution in [2.75, 3.05) is 17.3 Å². The van der Waals surface area contributed by atoms with Crippen LogP contribution >= 0.6 is 11.9 Å². The molecule has 8 heteroatoms. The first-order valence-corrected chi connectivity index (χ1v) is 9.14. The summed E-state index contributed by atoms with van der Waals surface area (Å²) in [5.41, 5.74) is 3.44. The number of ether oxygens (including phenoxy) is 1. The van der Waals surface area contributed by atoms with E-state index < -0.39 is 5.91 Å². The lowest BCUT2D eigenvalue weighted by molar-refractivity contribution is -0.129. The lowest BCUT2D eigenvalue weighted by Crippen LogP contribution is -2.38. The minimum Gasteiger partial charge on any atom is -0.457 e. The lowest BCUT2D eigenvalue weighted by Gasteiger charge is -2.30. The van der Waals surface area contributed by atoms with Gasteiger partial charge in [-0.2, -0.15) is 0 Å². The van der Waals surface area contributed by atoms with E-state index in [9.17, 15) is 10.0 Å². The Bertz CT molecular complexity index is 695. The molecule has 0 bridgehead atoms. The molecule has 0 saturated heterocycles. The summed E-state index contributed by atoms with van der Waals surface area (Å²) in [7, 11) is 0. The maximum atomic E-state index is 11.3. The van der Waals surface area contributed by atoms with E-state index >= 15 is 0 Å². The standard InChI is InChI=1S/C18H23N3O4S/c1-3-26-21(24)20(13-12-18(22)19-23)15-6-10-17(11-7-15)25-16-8-4-14(2)5-9-16/h4-11,23-24H,3,12-13H2,1-2H3,(H,19,22). The second-order valence-electron chi connectivity index (χ2n) is 5.49. The SMILES string of the molecule is CCSN(O)N(CCC(=O)NO)c1ccc(Oc2ccc(C)cc2)cc1. The molecule has 0 fully saturated rings. The van der Waals surface area contributed by atoms with E-state index in [0.717, 1.165) is 15.9 Å². The Morgan fingerprint density at radius 1 is 1.12 bits per heavy atom. The molecule has 26 heavy (non-hydrogen) atoms. The number of carbonyl (C=O) groups is 1. The van der Waals surface area contributed by atoms with Gasteiger partial charge >= 0.3 is 0 Å². The van der Waals surface area contributed by atoms with Crippen molar-refractivity contribution in [3.63, 3.8) is 0 Å². The smallest absolute Gasteiger partial charge is 0.245 e. The summed E-state index contributed by atoms with van der Waals surface area (Å²) in [5, 5.41) is 20.4. The summed E-state index contributed by atoms with van der Waals surface area (Å²) in [6.45, 7) is 4.12. The van der Waals surface area contributed by atoms with Crippen molar-refractivity contribution in [2.45, 2.75) is 20.3 Å². The Balaban J connectivity index is 2.09. The monoisotopic (exact) mass is 377 g/mol. The van der Waals surface area contributed by atoms with Crippen LogP contribution in [-0.4, -0.2) is 33.2 Å². The molecule has 0 aliphatic rings. The molecule has 0 aliphatic carbocycles. The Hall–Kier alpha value is -2.26. The molecule has 0 heterocycles. The van der Waals surface area contributed by atoms with Crippen LogP contribution < -0.4 is 15.2 Å². The number of rotatable bonds is 9. The summed E-state index contributed by atoms with van der Waals surface area (Å²) >= 11 is 1.19. The molecule has 2 rings (SSSR count). The van der Waals surface area contributed by atoms with E-state index in [4.69, 9.17) is 9.94 Å². The lowest BCUT2D eigenvalue weighted by atomic mass is 10.2. The van der Waals surface area contributed by atoms with Gasteiger partial charge in [0.2, 0.25) is 5.91 Å². The van der Waals surface area contributed by atoms with Crippen molar-refractivity contribution < 1.29 is 19.9 Å². The molecule has 0 atom stereocenters. The molecule has 3 N–H and O–H groups in total. The van der Waals surface area contributed by atoms with Gasteiger partial charge in [-0.05, 0) is 59.8 Å². The number of hydroxylamine groups is 1. The van der Waals surface area contributed by atoms with Crippen LogP contribution in [0.1, 0.15) is 18.9 Å². The number of anilines is 1. The van der Waals surface area contributed by atoms with E-state index in [2.05, 4.69) is 0 Å². The fourth-order valence-corrected chi connectivity index (χ4v) is 2.74. The Labute approximate surface area is 157 Å². The highest BCUT2D eigenvalue weighted by Gasteiger charge is 2.16. The average Bonchev–Trinajstić information content (AvgIpc) is 2.65. The summed E-state index contributed by atoms with van der Waals surface area (Å²) in [6, 6.07) is 14.9. The Morgan fingerprint density at radius 3 is 2.23 bits per heavy atom. The first-order chi connectivity index (χ1) is 12.5. The molecule has 0 unspecified atom stereocenters. The third kappa shape index (κ3) is 5.92. The predicted molar refractivity (Wildman–Crippen MR) is 101 cm³/mol. The highest BCUT2D eigenvalue weighted by atomic mass is 32.2. The third-order valence-electron chi connectivity index (χ3n) is 3.52. The maximum Gasteiger partial charge on any atom is 0.245 e. The van der Waals surface area contributed by atoms with Gasteiger partial charge in [0.1, 0.15) is 11.5 Å². The van der Waals surface area contributed by atoms with Crippen LogP contribution in [0, 0.1) is 6.92 Å². The van der Waals surface area contributed by atoms with E-state index in [1.54, 1.807) is 34.8 Å². The summed E-state index contributed by atoms with van der Waals surface area (Å²) in [5.74, 6) is 1.54. The number of amides is 1. The number of aryl methyl sites for hydroxylation is 1. The van der Waals surface area contributed by atoms with E-state index in [0.29, 0.717) is 17.2 Å². The topological polar surface area (TPSA) is 85.3 Å². The number of nitrogens with zero attached hydrogens (tertiary/aromatic N) is 2. The Morgan fingerprint density at radius 2 is 1.69 bits per heavy atom. The number of nitrogens with one attached hydrogen (secondary N) is 1. The number of hydrazine groups is 1. The zero-order chi connectivity index (χ0) is 18.9. The van der Waals surface area contributed by atoms with Gasteiger partial charge in [-0.3, -0.25) is 20.2 Å². The second-order valence-corrected chi connectivity index (χ2v) is 6.65. The number of benzene rings is 2. The van der Waals surface area contributed by atoms with Crippen molar-refractivity contribution in [1.29, 1.82) is 0 Å². The van der Waals surface area contributed by atoms with E-state index in [1.807, 2.05) is 38.1 Å². The molecule has 0 saturated carbocycles. The van der Waals surface area contributed by atoms with E-state index in [1.165, 1.54) is 11.9 Å². The van der Waals surface area contributed by atoms with E-state index in [-0.39, 0.29) is 13.0 Å². The molecular formula is C18H23N3O4S. The van der Waals surface area contributed by atoms with Crippen LogP contribution in [0.4, 0.5) is 5.69 Å². The first-order valence-electron chi connectivity index (χ1n) is 8.20. The molecule has 0 aromatic heterocycles.